The van der Waals surface area contributed by atoms with E-state index in [4.69, 9.17) is 4.74 Å². The zero-order chi connectivity index (χ0) is 20.7. The summed E-state index contributed by atoms with van der Waals surface area (Å²) >= 11 is 5.31. The number of hydrogen-bond donors (Lipinski definition) is 0. The topological polar surface area (TPSA) is 26.3 Å². The van der Waals surface area contributed by atoms with E-state index in [-0.39, 0.29) is 11.2 Å². The molecule has 1 unspecified atom stereocenters. The summed E-state index contributed by atoms with van der Waals surface area (Å²) in [6.45, 7) is 5.07. The third-order valence-corrected chi connectivity index (χ3v) is 7.09. The van der Waals surface area contributed by atoms with Crippen LogP contribution in [0, 0.1) is 0 Å². The van der Waals surface area contributed by atoms with Gasteiger partial charge in [0.25, 0.3) is 0 Å². The van der Waals surface area contributed by atoms with E-state index in [9.17, 15) is 4.79 Å². The number of hydrogen-bond acceptors (Lipinski definition) is 3. The van der Waals surface area contributed by atoms with E-state index in [2.05, 4.69) is 29.8 Å². The fraction of sp³-hybridized carbons (Fsp3) is 0.958. The predicted octanol–water partition coefficient (Wildman–Crippen LogP) is 8.70. The van der Waals surface area contributed by atoms with Crippen LogP contribution < -0.4 is 0 Å². The fourth-order valence-corrected chi connectivity index (χ4v) is 4.88. The number of thioether (sulfide) groups is 1. The van der Waals surface area contributed by atoms with E-state index < -0.39 is 0 Å². The van der Waals surface area contributed by atoms with Gasteiger partial charge < -0.3 is 4.74 Å². The molecular formula is C24H47BrO2S. The van der Waals surface area contributed by atoms with Crippen LogP contribution in [0.3, 0.4) is 0 Å². The second-order valence-electron chi connectivity index (χ2n) is 7.95. The van der Waals surface area contributed by atoms with Crippen LogP contribution in [0.25, 0.3) is 0 Å². The van der Waals surface area contributed by atoms with Gasteiger partial charge in [-0.15, -0.1) is 11.8 Å². The molecule has 168 valence electrons. The largest absolute Gasteiger partial charge is 0.465 e. The molecule has 0 aliphatic carbocycles. The molecule has 0 spiro atoms. The van der Waals surface area contributed by atoms with Crippen molar-refractivity contribution in [2.45, 2.75) is 128 Å². The van der Waals surface area contributed by atoms with Crippen LogP contribution in [0.5, 0.6) is 0 Å². The molecule has 0 bridgehead atoms. The molecule has 0 aliphatic rings. The van der Waals surface area contributed by atoms with Crippen LogP contribution in [-0.2, 0) is 9.53 Å². The summed E-state index contributed by atoms with van der Waals surface area (Å²) < 4.78 is 5.59. The minimum Gasteiger partial charge on any atom is -0.465 e. The van der Waals surface area contributed by atoms with E-state index in [0.29, 0.717) is 6.61 Å². The maximum atomic E-state index is 12.4. The van der Waals surface area contributed by atoms with Gasteiger partial charge in [-0.3, -0.25) is 4.79 Å². The van der Waals surface area contributed by atoms with Crippen LogP contribution in [0.1, 0.15) is 123 Å². The lowest BCUT2D eigenvalue weighted by Gasteiger charge is -2.15. The van der Waals surface area contributed by atoms with Crippen LogP contribution in [0.4, 0.5) is 0 Å². The summed E-state index contributed by atoms with van der Waals surface area (Å²) in [4.78, 5) is 12.4. The van der Waals surface area contributed by atoms with Gasteiger partial charge in [0.15, 0.2) is 0 Å². The van der Waals surface area contributed by atoms with E-state index in [1.165, 1.54) is 83.5 Å². The molecule has 0 aromatic carbocycles. The first-order valence-electron chi connectivity index (χ1n) is 12.1. The summed E-state index contributed by atoms with van der Waals surface area (Å²) in [5.74, 6) is 1.14. The van der Waals surface area contributed by atoms with Gasteiger partial charge in [-0.05, 0) is 31.4 Å². The Morgan fingerprint density at radius 2 is 1.29 bits per heavy atom. The number of halogens is 1. The monoisotopic (exact) mass is 478 g/mol. The zero-order valence-corrected chi connectivity index (χ0v) is 21.2. The van der Waals surface area contributed by atoms with E-state index in [1.807, 2.05) is 11.8 Å². The van der Waals surface area contributed by atoms with Crippen molar-refractivity contribution in [3.8, 4) is 0 Å². The molecule has 0 aromatic heterocycles. The molecule has 28 heavy (non-hydrogen) atoms. The third kappa shape index (κ3) is 19.6. The van der Waals surface area contributed by atoms with Crippen LogP contribution in [-0.4, -0.2) is 28.9 Å². The van der Waals surface area contributed by atoms with E-state index >= 15 is 0 Å². The normalized spacial score (nSPS) is 12.2. The Labute approximate surface area is 188 Å². The first-order chi connectivity index (χ1) is 13.8. The van der Waals surface area contributed by atoms with Crippen molar-refractivity contribution >= 4 is 33.7 Å². The number of rotatable bonds is 22. The number of esters is 1. The molecule has 0 amide bonds. The molecule has 0 saturated heterocycles. The Morgan fingerprint density at radius 3 is 1.89 bits per heavy atom. The van der Waals surface area contributed by atoms with Gasteiger partial charge in [0.2, 0.25) is 0 Å². The maximum absolute atomic E-state index is 12.4. The highest BCUT2D eigenvalue weighted by atomic mass is 79.9. The van der Waals surface area contributed by atoms with Crippen molar-refractivity contribution < 1.29 is 9.53 Å². The average molecular weight is 480 g/mol. The van der Waals surface area contributed by atoms with Crippen molar-refractivity contribution in [3.63, 3.8) is 0 Å². The Balaban J connectivity index is 3.75. The molecular weight excluding hydrogens is 432 g/mol. The van der Waals surface area contributed by atoms with Gasteiger partial charge in [0.1, 0.15) is 5.25 Å². The van der Waals surface area contributed by atoms with Crippen molar-refractivity contribution in [3.05, 3.63) is 0 Å². The lowest BCUT2D eigenvalue weighted by atomic mass is 10.1. The van der Waals surface area contributed by atoms with Crippen LogP contribution in [0.15, 0.2) is 0 Å². The van der Waals surface area contributed by atoms with Crippen LogP contribution >= 0.6 is 27.7 Å². The second-order valence-corrected chi connectivity index (χ2v) is 10.1. The lowest BCUT2D eigenvalue weighted by molar-refractivity contribution is -0.143. The van der Waals surface area contributed by atoms with Crippen molar-refractivity contribution in [2.75, 3.05) is 17.7 Å². The number of unbranched alkanes of at least 4 members (excludes halogenated alkanes) is 13. The molecule has 1 atom stereocenters. The second kappa shape index (κ2) is 23.6. The quantitative estimate of drug-likeness (QED) is 0.0882. The molecule has 2 nitrogen and oxygen atoms in total. The molecule has 0 fully saturated rings. The summed E-state index contributed by atoms with van der Waals surface area (Å²) in [7, 11) is 0. The molecule has 0 aromatic rings. The highest BCUT2D eigenvalue weighted by Crippen LogP contribution is 2.21. The van der Waals surface area contributed by atoms with Crippen molar-refractivity contribution in [1.29, 1.82) is 0 Å². The average Bonchev–Trinajstić information content (AvgIpc) is 2.70. The smallest absolute Gasteiger partial charge is 0.319 e. The molecule has 0 aliphatic heterocycles. The van der Waals surface area contributed by atoms with Crippen molar-refractivity contribution in [2.24, 2.45) is 0 Å². The summed E-state index contributed by atoms with van der Waals surface area (Å²) in [5.41, 5.74) is 0. The third-order valence-electron chi connectivity index (χ3n) is 5.17. The predicted molar refractivity (Wildman–Crippen MR) is 131 cm³/mol. The van der Waals surface area contributed by atoms with Gasteiger partial charge in [-0.2, -0.15) is 0 Å². The van der Waals surface area contributed by atoms with E-state index in [0.717, 1.165) is 36.8 Å². The van der Waals surface area contributed by atoms with Crippen molar-refractivity contribution in [1.82, 2.24) is 0 Å². The number of alkyl halides is 1. The van der Waals surface area contributed by atoms with Gasteiger partial charge in [-0.1, -0.05) is 113 Å². The molecule has 0 radical (unpaired) electrons. The highest BCUT2D eigenvalue weighted by Gasteiger charge is 2.19. The van der Waals surface area contributed by atoms with Gasteiger partial charge in [-0.25, -0.2) is 0 Å². The SMILES string of the molecule is CCCCCCCCCCSC(CCCC)C(=O)OCCCCCCCCBr. The summed E-state index contributed by atoms with van der Waals surface area (Å²) in [6.07, 6.45) is 21.3. The Hall–Kier alpha value is 0.300. The molecule has 0 rings (SSSR count). The van der Waals surface area contributed by atoms with Gasteiger partial charge in [0, 0.05) is 5.33 Å². The Kier molecular flexibility index (Phi) is 23.8. The van der Waals surface area contributed by atoms with Gasteiger partial charge in [0.05, 0.1) is 6.61 Å². The minimum absolute atomic E-state index is 0.0392. The Morgan fingerprint density at radius 1 is 0.750 bits per heavy atom. The number of carbonyl (C=O) groups is 1. The summed E-state index contributed by atoms with van der Waals surface area (Å²) in [5, 5.41) is 1.17. The standard InChI is InChI=1S/C24H47BrO2S/c1-3-5-7-8-9-12-15-18-22-28-23(19-6-4-2)24(26)27-21-17-14-11-10-13-16-20-25/h23H,3-22H2,1-2H3. The number of ether oxygens (including phenoxy) is 1. The number of carbonyl (C=O) groups excluding carboxylic acids is 1. The van der Waals surface area contributed by atoms with Gasteiger partial charge >= 0.3 is 5.97 Å². The zero-order valence-electron chi connectivity index (χ0n) is 18.8. The minimum atomic E-state index is 0.0392. The fourth-order valence-electron chi connectivity index (χ4n) is 3.29. The molecule has 4 heteroatoms. The van der Waals surface area contributed by atoms with Crippen LogP contribution in [0.2, 0.25) is 0 Å². The highest BCUT2D eigenvalue weighted by molar-refractivity contribution is 9.09. The van der Waals surface area contributed by atoms with E-state index in [1.54, 1.807) is 0 Å². The maximum Gasteiger partial charge on any atom is 0.319 e. The Bertz CT molecular complexity index is 326. The first kappa shape index (κ1) is 28.3. The summed E-state index contributed by atoms with van der Waals surface area (Å²) in [6, 6.07) is 0. The first-order valence-corrected chi connectivity index (χ1v) is 14.3. The molecule has 0 heterocycles. The lowest BCUT2D eigenvalue weighted by Crippen LogP contribution is -2.21. The molecule has 0 saturated carbocycles. The molecule has 0 N–H and O–H groups in total.